The first-order valence-corrected chi connectivity index (χ1v) is 7.25. The number of hydrogen-bond acceptors (Lipinski definition) is 3. The van der Waals surface area contributed by atoms with Crippen molar-refractivity contribution in [3.05, 3.63) is 63.6 Å². The highest BCUT2D eigenvalue weighted by Crippen LogP contribution is 2.37. The fourth-order valence-electron chi connectivity index (χ4n) is 2.52. The third kappa shape index (κ3) is 2.44. The topological polar surface area (TPSA) is 70.1 Å². The smallest absolute Gasteiger partial charge is 0.248 e. The molecule has 4 nitrogen and oxygen atoms in total. The number of benzene rings is 2. The molecule has 3 rings (SSSR count). The van der Waals surface area contributed by atoms with Gasteiger partial charge in [-0.25, -0.2) is 0 Å². The molecule has 1 aliphatic heterocycles. The summed E-state index contributed by atoms with van der Waals surface area (Å²) in [6, 6.07) is 14.4. The number of nitrogens with two attached hydrogens (primary N) is 1. The van der Waals surface area contributed by atoms with Gasteiger partial charge in [0.25, 0.3) is 0 Å². The van der Waals surface area contributed by atoms with E-state index >= 15 is 0 Å². The molecule has 5 heteroatoms. The Hall–Kier alpha value is -2.16. The minimum atomic E-state index is -0.628. The van der Waals surface area contributed by atoms with E-state index in [0.717, 1.165) is 21.3 Å². The molecule has 0 saturated heterocycles. The molecule has 1 atom stereocenters. The van der Waals surface area contributed by atoms with Gasteiger partial charge in [0.2, 0.25) is 5.91 Å². The van der Waals surface area contributed by atoms with Gasteiger partial charge in [0.1, 0.15) is 6.04 Å². The van der Waals surface area contributed by atoms with E-state index in [1.165, 1.54) is 0 Å². The maximum atomic E-state index is 12.4. The van der Waals surface area contributed by atoms with Gasteiger partial charge in [-0.3, -0.25) is 4.79 Å². The van der Waals surface area contributed by atoms with Crippen molar-refractivity contribution in [3.8, 4) is 6.07 Å². The number of fused-ring (bicyclic) bond motifs is 1. The summed E-state index contributed by atoms with van der Waals surface area (Å²) in [4.78, 5) is 14.0. The molecule has 21 heavy (non-hydrogen) atoms. The molecule has 2 aromatic carbocycles. The second-order valence-electron chi connectivity index (χ2n) is 4.92. The Kier molecular flexibility index (Phi) is 3.50. The molecule has 1 heterocycles. The SMILES string of the molecule is N#Cc1cccc(CN2C(=O)C(N)c3cc(Br)ccc32)c1. The summed E-state index contributed by atoms with van der Waals surface area (Å²) in [5.41, 5.74) is 9.14. The Bertz CT molecular complexity index is 766. The van der Waals surface area contributed by atoms with E-state index in [4.69, 9.17) is 11.0 Å². The van der Waals surface area contributed by atoms with Crippen molar-refractivity contribution in [2.45, 2.75) is 12.6 Å². The fourth-order valence-corrected chi connectivity index (χ4v) is 2.90. The van der Waals surface area contributed by atoms with E-state index < -0.39 is 6.04 Å². The second kappa shape index (κ2) is 5.32. The zero-order valence-electron chi connectivity index (χ0n) is 11.1. The average molecular weight is 342 g/mol. The molecule has 0 saturated carbocycles. The predicted molar refractivity (Wildman–Crippen MR) is 83.4 cm³/mol. The van der Waals surface area contributed by atoms with Crippen LogP contribution in [0.2, 0.25) is 0 Å². The van der Waals surface area contributed by atoms with Gasteiger partial charge in [-0.05, 0) is 35.9 Å². The maximum absolute atomic E-state index is 12.4. The lowest BCUT2D eigenvalue weighted by Crippen LogP contribution is -2.31. The summed E-state index contributed by atoms with van der Waals surface area (Å²) in [6.07, 6.45) is 0. The highest BCUT2D eigenvalue weighted by Gasteiger charge is 2.34. The van der Waals surface area contributed by atoms with Crippen LogP contribution < -0.4 is 10.6 Å². The summed E-state index contributed by atoms with van der Waals surface area (Å²) in [6.45, 7) is 0.413. The van der Waals surface area contributed by atoms with E-state index in [2.05, 4.69) is 22.0 Å². The Morgan fingerprint density at radius 1 is 1.29 bits per heavy atom. The number of anilines is 1. The fraction of sp³-hybridized carbons (Fsp3) is 0.125. The largest absolute Gasteiger partial charge is 0.316 e. The lowest BCUT2D eigenvalue weighted by molar-refractivity contribution is -0.119. The van der Waals surface area contributed by atoms with Crippen LogP contribution in [-0.4, -0.2) is 5.91 Å². The molecule has 0 radical (unpaired) electrons. The van der Waals surface area contributed by atoms with Crippen LogP contribution >= 0.6 is 15.9 Å². The molecular weight excluding hydrogens is 330 g/mol. The molecule has 1 aliphatic rings. The van der Waals surface area contributed by atoms with Gasteiger partial charge >= 0.3 is 0 Å². The minimum absolute atomic E-state index is 0.120. The number of hydrogen-bond donors (Lipinski definition) is 1. The third-order valence-electron chi connectivity index (χ3n) is 3.54. The van der Waals surface area contributed by atoms with Crippen LogP contribution in [0.3, 0.4) is 0 Å². The summed E-state index contributed by atoms with van der Waals surface area (Å²) in [5.74, 6) is -0.120. The zero-order valence-corrected chi connectivity index (χ0v) is 12.7. The minimum Gasteiger partial charge on any atom is -0.316 e. The number of carbonyl (C=O) groups is 1. The molecule has 104 valence electrons. The van der Waals surface area contributed by atoms with E-state index in [0.29, 0.717) is 12.1 Å². The van der Waals surface area contributed by atoms with Crippen molar-refractivity contribution >= 4 is 27.5 Å². The number of amides is 1. The van der Waals surface area contributed by atoms with Gasteiger partial charge in [-0.1, -0.05) is 28.1 Å². The number of carbonyl (C=O) groups excluding carboxylic acids is 1. The molecular formula is C16H12BrN3O. The maximum Gasteiger partial charge on any atom is 0.248 e. The summed E-state index contributed by atoms with van der Waals surface area (Å²) in [5, 5.41) is 8.95. The first kappa shape index (κ1) is 13.8. The summed E-state index contributed by atoms with van der Waals surface area (Å²) in [7, 11) is 0. The second-order valence-corrected chi connectivity index (χ2v) is 5.83. The molecule has 1 unspecified atom stereocenters. The first-order valence-electron chi connectivity index (χ1n) is 6.45. The van der Waals surface area contributed by atoms with Crippen molar-refractivity contribution in [2.75, 3.05) is 4.90 Å². The molecule has 1 amide bonds. The van der Waals surface area contributed by atoms with Gasteiger partial charge in [0.15, 0.2) is 0 Å². The highest BCUT2D eigenvalue weighted by molar-refractivity contribution is 9.10. The van der Waals surface area contributed by atoms with Gasteiger partial charge < -0.3 is 10.6 Å². The molecule has 0 fully saturated rings. The summed E-state index contributed by atoms with van der Waals surface area (Å²) >= 11 is 3.40. The number of halogens is 1. The number of nitriles is 1. The van der Waals surface area contributed by atoms with E-state index in [1.807, 2.05) is 30.3 Å². The zero-order chi connectivity index (χ0) is 15.0. The number of rotatable bonds is 2. The molecule has 0 spiro atoms. The van der Waals surface area contributed by atoms with Crippen LogP contribution in [0.5, 0.6) is 0 Å². The Balaban J connectivity index is 1.97. The Morgan fingerprint density at radius 2 is 2.10 bits per heavy atom. The lowest BCUT2D eigenvalue weighted by Gasteiger charge is -2.18. The van der Waals surface area contributed by atoms with Crippen molar-refractivity contribution < 1.29 is 4.79 Å². The quantitative estimate of drug-likeness (QED) is 0.912. The normalized spacial score (nSPS) is 16.7. The Labute approximate surface area is 130 Å². The van der Waals surface area contributed by atoms with Crippen molar-refractivity contribution in [1.29, 1.82) is 5.26 Å². The van der Waals surface area contributed by atoms with Crippen LogP contribution in [0.4, 0.5) is 5.69 Å². The van der Waals surface area contributed by atoms with Crippen LogP contribution in [0.15, 0.2) is 46.9 Å². The van der Waals surface area contributed by atoms with Gasteiger partial charge in [0.05, 0.1) is 18.2 Å². The lowest BCUT2D eigenvalue weighted by atomic mass is 10.1. The van der Waals surface area contributed by atoms with Gasteiger partial charge in [-0.15, -0.1) is 0 Å². The van der Waals surface area contributed by atoms with Crippen molar-refractivity contribution in [2.24, 2.45) is 5.73 Å². The van der Waals surface area contributed by atoms with Gasteiger partial charge in [-0.2, -0.15) is 5.26 Å². The van der Waals surface area contributed by atoms with Crippen LogP contribution in [0.25, 0.3) is 0 Å². The van der Waals surface area contributed by atoms with Crippen molar-refractivity contribution in [3.63, 3.8) is 0 Å². The van der Waals surface area contributed by atoms with Crippen LogP contribution in [-0.2, 0) is 11.3 Å². The van der Waals surface area contributed by atoms with E-state index in [1.54, 1.807) is 17.0 Å². The molecule has 0 aliphatic carbocycles. The molecule has 0 aromatic heterocycles. The average Bonchev–Trinajstić information content (AvgIpc) is 2.72. The van der Waals surface area contributed by atoms with Gasteiger partial charge in [0, 0.05) is 15.7 Å². The van der Waals surface area contributed by atoms with E-state index in [-0.39, 0.29) is 5.91 Å². The molecule has 2 aromatic rings. The highest BCUT2D eigenvalue weighted by atomic mass is 79.9. The van der Waals surface area contributed by atoms with E-state index in [9.17, 15) is 4.79 Å². The third-order valence-corrected chi connectivity index (χ3v) is 4.04. The number of nitrogens with zero attached hydrogens (tertiary/aromatic N) is 2. The standard InChI is InChI=1S/C16H12BrN3O/c17-12-4-5-14-13(7-12)15(19)16(21)20(14)9-11-3-1-2-10(6-11)8-18/h1-7,15H,9,19H2. The monoisotopic (exact) mass is 341 g/mol. The molecule has 2 N–H and O–H groups in total. The summed E-state index contributed by atoms with van der Waals surface area (Å²) < 4.78 is 0.901. The molecule has 0 bridgehead atoms. The Morgan fingerprint density at radius 3 is 2.86 bits per heavy atom. The predicted octanol–water partition coefficient (Wildman–Crippen LogP) is 2.87. The van der Waals surface area contributed by atoms with Crippen molar-refractivity contribution in [1.82, 2.24) is 0 Å². The van der Waals surface area contributed by atoms with Crippen LogP contribution in [0.1, 0.15) is 22.7 Å². The first-order chi connectivity index (χ1) is 10.1. The van der Waals surface area contributed by atoms with Crippen LogP contribution in [0, 0.1) is 11.3 Å².